The van der Waals surface area contributed by atoms with Crippen molar-refractivity contribution in [1.29, 1.82) is 0 Å². The molecule has 1 aliphatic rings. The van der Waals surface area contributed by atoms with E-state index < -0.39 is 11.2 Å². The van der Waals surface area contributed by atoms with Crippen LogP contribution in [0.2, 0.25) is 0 Å². The number of pyridine rings is 1. The lowest BCUT2D eigenvalue weighted by Gasteiger charge is -2.27. The summed E-state index contributed by atoms with van der Waals surface area (Å²) in [7, 11) is 0. The Hall–Kier alpha value is -4.40. The predicted octanol–water partition coefficient (Wildman–Crippen LogP) is 3.07. The Morgan fingerprint density at radius 3 is 2.62 bits per heavy atom. The monoisotopic (exact) mass is 498 g/mol. The smallest absolute Gasteiger partial charge is 0.330 e. The number of hydrogen-bond donors (Lipinski definition) is 2. The lowest BCUT2D eigenvalue weighted by molar-refractivity contribution is 0.656. The molecule has 1 aromatic carbocycles. The van der Waals surface area contributed by atoms with Crippen molar-refractivity contribution < 1.29 is 0 Å². The molecule has 3 aromatic heterocycles. The van der Waals surface area contributed by atoms with E-state index in [0.29, 0.717) is 17.9 Å². The average Bonchev–Trinajstić information content (AvgIpc) is 2.91. The van der Waals surface area contributed by atoms with Gasteiger partial charge < -0.3 is 10.6 Å². The number of nitrogens with two attached hydrogens (primary N) is 1. The van der Waals surface area contributed by atoms with Crippen LogP contribution in [0.25, 0.3) is 5.65 Å². The van der Waals surface area contributed by atoms with Gasteiger partial charge in [0.15, 0.2) is 0 Å². The Morgan fingerprint density at radius 1 is 1.03 bits per heavy atom. The molecule has 0 spiro atoms. The Labute approximate surface area is 213 Å². The quantitative estimate of drug-likeness (QED) is 0.361. The Kier molecular flexibility index (Phi) is 7.02. The molecule has 9 heteroatoms. The molecule has 3 heterocycles. The van der Waals surface area contributed by atoms with Crippen LogP contribution in [0, 0.1) is 0 Å². The van der Waals surface area contributed by atoms with Gasteiger partial charge in [-0.25, -0.2) is 9.78 Å². The van der Waals surface area contributed by atoms with Gasteiger partial charge in [0.05, 0.1) is 18.8 Å². The third-order valence-corrected chi connectivity index (χ3v) is 6.78. The number of nitrogens with zero attached hydrogens (tertiary/aromatic N) is 4. The normalized spacial score (nSPS) is 13.5. The number of benzene rings is 1. The molecule has 37 heavy (non-hydrogen) atoms. The highest BCUT2D eigenvalue weighted by atomic mass is 16.2. The highest BCUT2D eigenvalue weighted by molar-refractivity contribution is 5.63. The Morgan fingerprint density at radius 2 is 1.84 bits per heavy atom. The van der Waals surface area contributed by atoms with Gasteiger partial charge >= 0.3 is 5.69 Å². The molecule has 0 unspecified atom stereocenters. The molecule has 3 N–H and O–H groups in total. The van der Waals surface area contributed by atoms with E-state index in [0.717, 1.165) is 31.2 Å². The zero-order chi connectivity index (χ0) is 25.8. The first-order valence-electron chi connectivity index (χ1n) is 12.6. The van der Waals surface area contributed by atoms with Gasteiger partial charge in [0, 0.05) is 18.8 Å². The lowest BCUT2D eigenvalue weighted by atomic mass is 9.97. The number of fused-ring (bicyclic) bond motifs is 1. The maximum absolute atomic E-state index is 13.1. The van der Waals surface area contributed by atoms with Gasteiger partial charge in [0.25, 0.3) is 11.1 Å². The highest BCUT2D eigenvalue weighted by Gasteiger charge is 2.21. The molecule has 190 valence electrons. The summed E-state index contributed by atoms with van der Waals surface area (Å²) in [4.78, 5) is 47.5. The molecule has 0 fully saturated rings. The fraction of sp³-hybridized carbons (Fsp3) is 0.286. The standard InChI is InChI=1S/C28H30N6O3/c29-26-25(27(36)31-28(37)34(26)18-21-11-5-2-6-12-21)32(16-14-20-9-3-1-4-10-20)19-22-17-24(35)33-15-8-7-13-23(33)30-22/h2,5-9,11-13,15,17H,1,3-4,10,14,16,18-19,29H2,(H,31,36,37). The number of H-pyrrole nitrogens is 1. The van der Waals surface area contributed by atoms with E-state index in [4.69, 9.17) is 5.73 Å². The van der Waals surface area contributed by atoms with Gasteiger partial charge in [-0.2, -0.15) is 0 Å². The van der Waals surface area contributed by atoms with Crippen LogP contribution in [-0.2, 0) is 13.1 Å². The topological polar surface area (TPSA) is 118 Å². The van der Waals surface area contributed by atoms with E-state index >= 15 is 0 Å². The number of rotatable bonds is 8. The van der Waals surface area contributed by atoms with Crippen LogP contribution < -0.4 is 27.4 Å². The summed E-state index contributed by atoms with van der Waals surface area (Å²) >= 11 is 0. The predicted molar refractivity (Wildman–Crippen MR) is 145 cm³/mol. The number of aromatic nitrogens is 4. The van der Waals surface area contributed by atoms with Crippen LogP contribution >= 0.6 is 0 Å². The largest absolute Gasteiger partial charge is 0.383 e. The summed E-state index contributed by atoms with van der Waals surface area (Å²) in [6.07, 6.45) is 9.12. The number of allylic oxidation sites excluding steroid dienone is 1. The second-order valence-electron chi connectivity index (χ2n) is 9.36. The van der Waals surface area contributed by atoms with Crippen molar-refractivity contribution in [1.82, 2.24) is 18.9 Å². The van der Waals surface area contributed by atoms with Crippen molar-refractivity contribution in [3.63, 3.8) is 0 Å². The number of nitrogens with one attached hydrogen (secondary N) is 1. The Balaban J connectivity index is 1.55. The highest BCUT2D eigenvalue weighted by Crippen LogP contribution is 2.24. The maximum atomic E-state index is 13.1. The molecular formula is C28H30N6O3. The van der Waals surface area contributed by atoms with Crippen LogP contribution in [0.1, 0.15) is 43.4 Å². The van der Waals surface area contributed by atoms with Crippen LogP contribution in [0.5, 0.6) is 0 Å². The minimum absolute atomic E-state index is 0.0905. The van der Waals surface area contributed by atoms with E-state index in [1.54, 1.807) is 18.3 Å². The molecule has 0 aliphatic heterocycles. The maximum Gasteiger partial charge on any atom is 0.330 e. The average molecular weight is 499 g/mol. The summed E-state index contributed by atoms with van der Waals surface area (Å²) in [5, 5.41) is 0. The molecule has 9 nitrogen and oxygen atoms in total. The van der Waals surface area contributed by atoms with E-state index in [9.17, 15) is 14.4 Å². The SMILES string of the molecule is Nc1c(N(CCC2=CCCCC2)Cc2cc(=O)n3ccccc3n2)c(=O)[nH]c(=O)n1Cc1ccccc1. The lowest BCUT2D eigenvalue weighted by Crippen LogP contribution is -2.39. The minimum atomic E-state index is -0.563. The number of hydrogen-bond acceptors (Lipinski definition) is 6. The van der Waals surface area contributed by atoms with Crippen molar-refractivity contribution in [3.05, 3.63) is 115 Å². The molecule has 0 atom stereocenters. The van der Waals surface area contributed by atoms with Gasteiger partial charge in [0.1, 0.15) is 17.2 Å². The third kappa shape index (κ3) is 5.40. The second-order valence-corrected chi connectivity index (χ2v) is 9.36. The molecule has 1 aliphatic carbocycles. The number of aromatic amines is 1. The van der Waals surface area contributed by atoms with Crippen LogP contribution in [0.15, 0.2) is 86.8 Å². The molecule has 0 saturated heterocycles. The van der Waals surface area contributed by atoms with Gasteiger partial charge in [-0.15, -0.1) is 0 Å². The number of nitrogen functional groups attached to an aromatic ring is 1. The van der Waals surface area contributed by atoms with Crippen molar-refractivity contribution in [2.45, 2.75) is 45.2 Å². The first kappa shape index (κ1) is 24.3. The molecule has 0 radical (unpaired) electrons. The molecule has 0 saturated carbocycles. The van der Waals surface area contributed by atoms with Crippen molar-refractivity contribution in [3.8, 4) is 0 Å². The first-order valence-corrected chi connectivity index (χ1v) is 12.6. The second kappa shape index (κ2) is 10.7. The summed E-state index contributed by atoms with van der Waals surface area (Å²) < 4.78 is 2.85. The Bertz CT molecular complexity index is 1620. The molecule has 0 amide bonds. The van der Waals surface area contributed by atoms with Crippen LogP contribution in [0.4, 0.5) is 11.5 Å². The molecule has 0 bridgehead atoms. The zero-order valence-corrected chi connectivity index (χ0v) is 20.6. The van der Waals surface area contributed by atoms with Crippen LogP contribution in [0.3, 0.4) is 0 Å². The fourth-order valence-electron chi connectivity index (χ4n) is 4.87. The minimum Gasteiger partial charge on any atom is -0.383 e. The van der Waals surface area contributed by atoms with E-state index in [1.165, 1.54) is 27.0 Å². The van der Waals surface area contributed by atoms with E-state index in [-0.39, 0.29) is 30.2 Å². The van der Waals surface area contributed by atoms with Gasteiger partial charge in [0.2, 0.25) is 0 Å². The van der Waals surface area contributed by atoms with Crippen molar-refractivity contribution in [2.24, 2.45) is 0 Å². The van der Waals surface area contributed by atoms with E-state index in [2.05, 4.69) is 16.0 Å². The number of anilines is 2. The summed E-state index contributed by atoms with van der Waals surface area (Å²) in [6.45, 7) is 0.924. The first-order chi connectivity index (χ1) is 18.0. The van der Waals surface area contributed by atoms with Gasteiger partial charge in [-0.1, -0.05) is 48.0 Å². The third-order valence-electron chi connectivity index (χ3n) is 6.78. The zero-order valence-electron chi connectivity index (χ0n) is 20.6. The van der Waals surface area contributed by atoms with Gasteiger partial charge in [-0.05, 0) is 49.8 Å². The van der Waals surface area contributed by atoms with Crippen molar-refractivity contribution in [2.75, 3.05) is 17.2 Å². The summed E-state index contributed by atoms with van der Waals surface area (Å²) in [5.41, 5.74) is 8.68. The van der Waals surface area contributed by atoms with E-state index in [1.807, 2.05) is 41.3 Å². The molecule has 4 aromatic rings. The molecule has 5 rings (SSSR count). The van der Waals surface area contributed by atoms with Gasteiger partial charge in [-0.3, -0.25) is 23.5 Å². The molecular weight excluding hydrogens is 468 g/mol. The fourth-order valence-corrected chi connectivity index (χ4v) is 4.87. The summed E-state index contributed by atoms with van der Waals surface area (Å²) in [6, 6.07) is 16.3. The van der Waals surface area contributed by atoms with Crippen molar-refractivity contribution >= 4 is 17.2 Å². The van der Waals surface area contributed by atoms with Crippen LogP contribution in [-0.4, -0.2) is 25.5 Å². The summed E-state index contributed by atoms with van der Waals surface area (Å²) in [5.74, 6) is 0.0905.